The lowest BCUT2D eigenvalue weighted by Crippen LogP contribution is -2.58. The third-order valence-electron chi connectivity index (χ3n) is 4.29. The number of carbonyl (C=O) groups excluding carboxylic acids is 1. The van der Waals surface area contributed by atoms with Crippen molar-refractivity contribution in [3.8, 4) is 0 Å². The smallest absolute Gasteiger partial charge is 0.410 e. The highest BCUT2D eigenvalue weighted by Crippen LogP contribution is 2.35. The number of fused-ring (bicyclic) bond motifs is 3. The van der Waals surface area contributed by atoms with Crippen LogP contribution < -0.4 is 4.90 Å². The van der Waals surface area contributed by atoms with Crippen LogP contribution >= 0.6 is 0 Å². The van der Waals surface area contributed by atoms with Gasteiger partial charge < -0.3 is 14.5 Å². The first-order chi connectivity index (χ1) is 10.8. The number of hydrogen-bond donors (Lipinski definition) is 0. The monoisotopic (exact) mass is 321 g/mol. The molecule has 3 rings (SSSR count). The Morgan fingerprint density at radius 2 is 2.13 bits per heavy atom. The van der Waals surface area contributed by atoms with Crippen molar-refractivity contribution in [2.45, 2.75) is 58.5 Å². The van der Waals surface area contributed by atoms with E-state index in [1.165, 1.54) is 0 Å². The Labute approximate surface area is 136 Å². The summed E-state index contributed by atoms with van der Waals surface area (Å²) in [5.74, 6) is 0.876. The van der Waals surface area contributed by atoms with E-state index in [0.717, 1.165) is 17.8 Å². The van der Waals surface area contributed by atoms with Crippen molar-refractivity contribution < 1.29 is 13.9 Å². The van der Waals surface area contributed by atoms with E-state index in [4.69, 9.17) is 4.74 Å². The van der Waals surface area contributed by atoms with Gasteiger partial charge in [-0.3, -0.25) is 0 Å². The van der Waals surface area contributed by atoms with Gasteiger partial charge in [0.15, 0.2) is 0 Å². The van der Waals surface area contributed by atoms with E-state index in [1.54, 1.807) is 11.0 Å². The molecule has 1 aromatic heterocycles. The molecule has 23 heavy (non-hydrogen) atoms. The van der Waals surface area contributed by atoms with Gasteiger partial charge >= 0.3 is 6.09 Å². The Morgan fingerprint density at radius 1 is 1.39 bits per heavy atom. The molecule has 2 aliphatic rings. The highest BCUT2D eigenvalue weighted by Gasteiger charge is 2.41. The van der Waals surface area contributed by atoms with Gasteiger partial charge in [0.2, 0.25) is 0 Å². The lowest BCUT2D eigenvalue weighted by Gasteiger charge is -2.43. The molecule has 0 N–H and O–H groups in total. The molecule has 1 aromatic rings. The molecular formula is C17H24FN3O2. The molecule has 0 radical (unpaired) electrons. The van der Waals surface area contributed by atoms with E-state index in [9.17, 15) is 9.18 Å². The molecular weight excluding hydrogens is 297 g/mol. The number of nitrogens with zero attached hydrogens (tertiary/aromatic N) is 3. The number of hydrogen-bond acceptors (Lipinski definition) is 4. The Bertz CT molecular complexity index is 614. The number of pyridine rings is 1. The zero-order valence-electron chi connectivity index (χ0n) is 14.2. The predicted molar refractivity (Wildman–Crippen MR) is 86.3 cm³/mol. The largest absolute Gasteiger partial charge is 0.444 e. The van der Waals surface area contributed by atoms with E-state index in [0.29, 0.717) is 18.8 Å². The van der Waals surface area contributed by atoms with Crippen molar-refractivity contribution in [1.29, 1.82) is 0 Å². The summed E-state index contributed by atoms with van der Waals surface area (Å²) in [6.07, 6.45) is 0.566. The predicted octanol–water partition coefficient (Wildman–Crippen LogP) is 2.92. The van der Waals surface area contributed by atoms with Crippen LogP contribution in [0.2, 0.25) is 0 Å². The molecule has 0 aliphatic carbocycles. The van der Waals surface area contributed by atoms with Crippen LogP contribution in [0.15, 0.2) is 12.1 Å². The second-order valence-electron chi connectivity index (χ2n) is 7.42. The molecule has 0 bridgehead atoms. The van der Waals surface area contributed by atoms with Crippen LogP contribution in [0.4, 0.5) is 15.0 Å². The first kappa shape index (κ1) is 16.0. The van der Waals surface area contributed by atoms with E-state index in [-0.39, 0.29) is 18.2 Å². The number of halogens is 1. The maximum atomic E-state index is 12.9. The summed E-state index contributed by atoms with van der Waals surface area (Å²) in [6.45, 7) is 8.34. The molecule has 1 amide bonds. The topological polar surface area (TPSA) is 45.7 Å². The molecule has 6 heteroatoms. The van der Waals surface area contributed by atoms with Gasteiger partial charge in [-0.2, -0.15) is 0 Å². The maximum Gasteiger partial charge on any atom is 0.410 e. The van der Waals surface area contributed by atoms with Crippen molar-refractivity contribution in [2.24, 2.45) is 0 Å². The summed E-state index contributed by atoms with van der Waals surface area (Å²) in [5.41, 5.74) is 1.10. The lowest BCUT2D eigenvalue weighted by atomic mass is 10.1. The summed E-state index contributed by atoms with van der Waals surface area (Å²) in [5, 5.41) is 0. The van der Waals surface area contributed by atoms with Gasteiger partial charge in [-0.1, -0.05) is 6.07 Å². The molecule has 5 nitrogen and oxygen atoms in total. The van der Waals surface area contributed by atoms with E-state index >= 15 is 0 Å². The first-order valence-electron chi connectivity index (χ1n) is 8.09. The van der Waals surface area contributed by atoms with Crippen LogP contribution in [0.5, 0.6) is 0 Å². The highest BCUT2D eigenvalue weighted by molar-refractivity contribution is 5.69. The molecule has 126 valence electrons. The van der Waals surface area contributed by atoms with E-state index < -0.39 is 12.3 Å². The quantitative estimate of drug-likeness (QED) is 0.798. The number of ether oxygens (including phenoxy) is 1. The third-order valence-corrected chi connectivity index (χ3v) is 4.29. The molecule has 1 fully saturated rings. The number of rotatable bonds is 1. The first-order valence-corrected chi connectivity index (χ1v) is 8.09. The number of amides is 1. The Kier molecular flexibility index (Phi) is 3.94. The lowest BCUT2D eigenvalue weighted by molar-refractivity contribution is 0.0191. The molecule has 0 unspecified atom stereocenters. The maximum absolute atomic E-state index is 12.9. The number of carbonyl (C=O) groups is 1. The fraction of sp³-hybridized carbons (Fsp3) is 0.647. The number of anilines is 1. The van der Waals surface area contributed by atoms with Crippen molar-refractivity contribution in [2.75, 3.05) is 18.0 Å². The molecule has 2 atom stereocenters. The summed E-state index contributed by atoms with van der Waals surface area (Å²) in [4.78, 5) is 20.8. The summed E-state index contributed by atoms with van der Waals surface area (Å²) >= 11 is 0. The minimum absolute atomic E-state index is 0.130. The average Bonchev–Trinajstić information content (AvgIpc) is 2.83. The van der Waals surface area contributed by atoms with Gasteiger partial charge in [-0.25, -0.2) is 14.2 Å². The Morgan fingerprint density at radius 3 is 2.78 bits per heavy atom. The molecule has 0 spiro atoms. The minimum Gasteiger partial charge on any atom is -0.444 e. The van der Waals surface area contributed by atoms with Gasteiger partial charge in [0, 0.05) is 19.1 Å². The summed E-state index contributed by atoms with van der Waals surface area (Å²) < 4.78 is 18.4. The van der Waals surface area contributed by atoms with Crippen LogP contribution in [0.3, 0.4) is 0 Å². The summed E-state index contributed by atoms with van der Waals surface area (Å²) in [6, 6.07) is 4.02. The SMILES string of the molecule is C[C@@H]1CN(C(=O)OC(C)(C)C)C[C@H]2Cc3ccc(CF)nc3N21. The Balaban J connectivity index is 1.78. The van der Waals surface area contributed by atoms with Gasteiger partial charge in [-0.15, -0.1) is 0 Å². The van der Waals surface area contributed by atoms with E-state index in [1.807, 2.05) is 26.8 Å². The third kappa shape index (κ3) is 3.12. The van der Waals surface area contributed by atoms with Crippen LogP contribution in [-0.4, -0.2) is 46.8 Å². The molecule has 2 aliphatic heterocycles. The van der Waals surface area contributed by atoms with Crippen LogP contribution in [0.1, 0.15) is 39.0 Å². The average molecular weight is 321 g/mol. The van der Waals surface area contributed by atoms with Gasteiger partial charge in [0.1, 0.15) is 18.1 Å². The van der Waals surface area contributed by atoms with Crippen molar-refractivity contribution in [3.63, 3.8) is 0 Å². The zero-order valence-corrected chi connectivity index (χ0v) is 14.2. The van der Waals surface area contributed by atoms with Crippen molar-refractivity contribution >= 4 is 11.9 Å². The highest BCUT2D eigenvalue weighted by atomic mass is 19.1. The molecule has 1 saturated heterocycles. The van der Waals surface area contributed by atoms with Crippen molar-refractivity contribution in [1.82, 2.24) is 9.88 Å². The van der Waals surface area contributed by atoms with E-state index in [2.05, 4.69) is 16.8 Å². The number of piperazine rings is 1. The second-order valence-corrected chi connectivity index (χ2v) is 7.42. The molecule has 0 aromatic carbocycles. The molecule has 3 heterocycles. The van der Waals surface area contributed by atoms with Gasteiger partial charge in [0.25, 0.3) is 0 Å². The Hall–Kier alpha value is -1.85. The van der Waals surface area contributed by atoms with Gasteiger partial charge in [-0.05, 0) is 45.7 Å². The summed E-state index contributed by atoms with van der Waals surface area (Å²) in [7, 11) is 0. The van der Waals surface area contributed by atoms with Crippen molar-refractivity contribution in [3.05, 3.63) is 23.4 Å². The second kappa shape index (κ2) is 5.65. The fourth-order valence-electron chi connectivity index (χ4n) is 3.43. The standard InChI is InChI=1S/C17H24FN3O2/c1-11-9-20(16(22)23-17(2,3)4)10-14-7-12-5-6-13(8-18)19-15(12)21(11)14/h5-6,11,14H,7-10H2,1-4H3/t11-,14-/m1/s1. The number of aromatic nitrogens is 1. The van der Waals surface area contributed by atoms with Gasteiger partial charge in [0.05, 0.1) is 11.7 Å². The van der Waals surface area contributed by atoms with Crippen LogP contribution in [0.25, 0.3) is 0 Å². The minimum atomic E-state index is -0.551. The zero-order chi connectivity index (χ0) is 16.8. The molecule has 0 saturated carbocycles. The van der Waals surface area contributed by atoms with Crippen LogP contribution in [0, 0.1) is 0 Å². The fourth-order valence-corrected chi connectivity index (χ4v) is 3.43. The normalized spacial score (nSPS) is 23.5. The number of alkyl halides is 1. The van der Waals surface area contributed by atoms with Crippen LogP contribution in [-0.2, 0) is 17.8 Å².